The minimum atomic E-state index is -0.586. The number of halogens is 1. The zero-order valence-corrected chi connectivity index (χ0v) is 13.5. The van der Waals surface area contributed by atoms with E-state index in [4.69, 9.17) is 10.00 Å². The summed E-state index contributed by atoms with van der Waals surface area (Å²) in [5.41, 5.74) is 1.09. The van der Waals surface area contributed by atoms with E-state index in [1.807, 2.05) is 38.1 Å². The van der Waals surface area contributed by atoms with Gasteiger partial charge in [-0.05, 0) is 46.0 Å². The van der Waals surface area contributed by atoms with Crippen LogP contribution < -0.4 is 10.1 Å². The molecule has 1 unspecified atom stereocenters. The van der Waals surface area contributed by atoms with E-state index >= 15 is 0 Å². The van der Waals surface area contributed by atoms with Crippen LogP contribution in [0.25, 0.3) is 0 Å². The molecule has 1 aromatic carbocycles. The summed E-state index contributed by atoms with van der Waals surface area (Å²) in [6.07, 6.45) is 0.713. The highest BCUT2D eigenvalue weighted by Crippen LogP contribution is 2.25. The van der Waals surface area contributed by atoms with Crippen molar-refractivity contribution in [2.75, 3.05) is 13.7 Å². The van der Waals surface area contributed by atoms with E-state index in [9.17, 15) is 4.79 Å². The van der Waals surface area contributed by atoms with E-state index in [0.717, 1.165) is 15.8 Å². The Morgan fingerprint density at radius 1 is 1.50 bits per heavy atom. The van der Waals surface area contributed by atoms with Gasteiger partial charge in [-0.15, -0.1) is 0 Å². The minimum Gasteiger partial charge on any atom is -0.496 e. The fourth-order valence-corrected chi connectivity index (χ4v) is 2.40. The van der Waals surface area contributed by atoms with E-state index < -0.39 is 5.92 Å². The predicted molar refractivity (Wildman–Crippen MR) is 81.3 cm³/mol. The Balaban J connectivity index is 2.51. The molecule has 5 heteroatoms. The number of ether oxygens (including phenoxy) is 1. The largest absolute Gasteiger partial charge is 0.496 e. The van der Waals surface area contributed by atoms with Gasteiger partial charge in [-0.2, -0.15) is 5.26 Å². The van der Waals surface area contributed by atoms with Crippen LogP contribution >= 0.6 is 15.9 Å². The molecule has 1 atom stereocenters. The number of hydrogen-bond acceptors (Lipinski definition) is 3. The summed E-state index contributed by atoms with van der Waals surface area (Å²) in [7, 11) is 1.62. The number of hydrogen-bond donors (Lipinski definition) is 1. The van der Waals surface area contributed by atoms with Gasteiger partial charge < -0.3 is 10.1 Å². The second-order valence-electron chi connectivity index (χ2n) is 4.86. The Morgan fingerprint density at radius 2 is 2.20 bits per heavy atom. The molecular weight excluding hydrogens is 320 g/mol. The molecule has 0 saturated carbocycles. The van der Waals surface area contributed by atoms with Gasteiger partial charge in [0.1, 0.15) is 11.7 Å². The minimum absolute atomic E-state index is 0.0233. The Bertz CT molecular complexity index is 509. The molecule has 1 aromatic rings. The van der Waals surface area contributed by atoms with Crippen molar-refractivity contribution in [2.24, 2.45) is 11.8 Å². The molecule has 0 heterocycles. The number of nitrogens with one attached hydrogen (secondary N) is 1. The molecule has 1 rings (SSSR count). The van der Waals surface area contributed by atoms with Gasteiger partial charge in [0.25, 0.3) is 0 Å². The number of amides is 1. The fraction of sp³-hybridized carbons (Fsp3) is 0.467. The number of carbonyl (C=O) groups is 1. The molecule has 0 aliphatic heterocycles. The second-order valence-corrected chi connectivity index (χ2v) is 5.72. The van der Waals surface area contributed by atoms with Crippen LogP contribution in [0.3, 0.4) is 0 Å². The summed E-state index contributed by atoms with van der Waals surface area (Å²) in [6.45, 7) is 4.25. The average molecular weight is 339 g/mol. The van der Waals surface area contributed by atoms with Crippen LogP contribution in [-0.4, -0.2) is 19.6 Å². The molecule has 20 heavy (non-hydrogen) atoms. The second kappa shape index (κ2) is 7.91. The third-order valence-electron chi connectivity index (χ3n) is 3.02. The Labute approximate surface area is 128 Å². The van der Waals surface area contributed by atoms with Crippen molar-refractivity contribution in [1.82, 2.24) is 5.32 Å². The lowest BCUT2D eigenvalue weighted by Gasteiger charge is -2.13. The van der Waals surface area contributed by atoms with Gasteiger partial charge in [0.15, 0.2) is 0 Å². The summed E-state index contributed by atoms with van der Waals surface area (Å²) < 4.78 is 6.05. The first-order chi connectivity index (χ1) is 9.49. The molecule has 0 saturated heterocycles. The molecule has 0 aliphatic carbocycles. The number of methoxy groups -OCH3 is 1. The smallest absolute Gasteiger partial charge is 0.237 e. The zero-order valence-electron chi connectivity index (χ0n) is 11.9. The number of nitrogens with zero attached hydrogens (tertiary/aromatic N) is 1. The maximum Gasteiger partial charge on any atom is 0.237 e. The van der Waals surface area contributed by atoms with Crippen LogP contribution in [0.2, 0.25) is 0 Å². The van der Waals surface area contributed by atoms with Crippen LogP contribution in [0.4, 0.5) is 0 Å². The van der Waals surface area contributed by atoms with Gasteiger partial charge in [-0.25, -0.2) is 0 Å². The Hall–Kier alpha value is -1.54. The van der Waals surface area contributed by atoms with E-state index in [1.54, 1.807) is 7.11 Å². The molecule has 0 radical (unpaired) electrons. The highest BCUT2D eigenvalue weighted by atomic mass is 79.9. The molecular formula is C15H19BrN2O2. The Morgan fingerprint density at radius 3 is 2.70 bits per heavy atom. The molecule has 1 N–H and O–H groups in total. The van der Waals surface area contributed by atoms with Crippen LogP contribution in [0.5, 0.6) is 5.75 Å². The summed E-state index contributed by atoms with van der Waals surface area (Å²) in [6, 6.07) is 7.85. The highest BCUT2D eigenvalue weighted by molar-refractivity contribution is 9.10. The van der Waals surface area contributed by atoms with Gasteiger partial charge in [-0.3, -0.25) is 4.79 Å². The molecule has 0 spiro atoms. The van der Waals surface area contributed by atoms with Crippen molar-refractivity contribution >= 4 is 21.8 Å². The molecule has 0 fully saturated rings. The van der Waals surface area contributed by atoms with Gasteiger partial charge in [0.05, 0.1) is 17.7 Å². The normalized spacial score (nSPS) is 11.8. The highest BCUT2D eigenvalue weighted by Gasteiger charge is 2.20. The third kappa shape index (κ3) is 4.53. The molecule has 0 aliphatic rings. The number of nitriles is 1. The standard InChI is InChI=1S/C15H19BrN2O2/c1-10(2)12(9-17)15(19)18-7-6-11-4-5-14(20-3)13(16)8-11/h4-5,8,10,12H,6-7H2,1-3H3,(H,18,19). The molecule has 1 amide bonds. The van der Waals surface area contributed by atoms with E-state index in [2.05, 4.69) is 21.2 Å². The van der Waals surface area contributed by atoms with Crippen molar-refractivity contribution in [2.45, 2.75) is 20.3 Å². The number of rotatable bonds is 6. The van der Waals surface area contributed by atoms with Crippen molar-refractivity contribution in [1.29, 1.82) is 5.26 Å². The SMILES string of the molecule is COc1ccc(CCNC(=O)C(C#N)C(C)C)cc1Br. The topological polar surface area (TPSA) is 62.1 Å². The lowest BCUT2D eigenvalue weighted by molar-refractivity contribution is -0.124. The van der Waals surface area contributed by atoms with Gasteiger partial charge in [0, 0.05) is 6.54 Å². The molecule has 0 aromatic heterocycles. The van der Waals surface area contributed by atoms with E-state index in [1.165, 1.54) is 0 Å². The van der Waals surface area contributed by atoms with Crippen LogP contribution in [0, 0.1) is 23.2 Å². The maximum absolute atomic E-state index is 11.8. The summed E-state index contributed by atoms with van der Waals surface area (Å²) in [4.78, 5) is 11.8. The van der Waals surface area contributed by atoms with Crippen LogP contribution in [0.15, 0.2) is 22.7 Å². The van der Waals surface area contributed by atoms with Crippen LogP contribution in [-0.2, 0) is 11.2 Å². The summed E-state index contributed by atoms with van der Waals surface area (Å²) in [5.74, 6) is 0.0185. The van der Waals surface area contributed by atoms with Gasteiger partial charge >= 0.3 is 0 Å². The lowest BCUT2D eigenvalue weighted by Crippen LogP contribution is -2.34. The van der Waals surface area contributed by atoms with Crippen molar-refractivity contribution < 1.29 is 9.53 Å². The van der Waals surface area contributed by atoms with E-state index in [0.29, 0.717) is 13.0 Å². The third-order valence-corrected chi connectivity index (χ3v) is 3.64. The van der Waals surface area contributed by atoms with Gasteiger partial charge in [-0.1, -0.05) is 19.9 Å². The first-order valence-corrected chi connectivity index (χ1v) is 7.28. The zero-order chi connectivity index (χ0) is 15.1. The molecule has 108 valence electrons. The van der Waals surface area contributed by atoms with E-state index in [-0.39, 0.29) is 11.8 Å². The van der Waals surface area contributed by atoms with Crippen molar-refractivity contribution in [3.63, 3.8) is 0 Å². The summed E-state index contributed by atoms with van der Waals surface area (Å²) >= 11 is 3.43. The maximum atomic E-state index is 11.8. The number of carbonyl (C=O) groups excluding carboxylic acids is 1. The monoisotopic (exact) mass is 338 g/mol. The molecule has 0 bridgehead atoms. The Kier molecular flexibility index (Phi) is 6.53. The quantitative estimate of drug-likeness (QED) is 0.867. The van der Waals surface area contributed by atoms with Crippen molar-refractivity contribution in [3.8, 4) is 11.8 Å². The predicted octanol–water partition coefficient (Wildman–Crippen LogP) is 2.91. The lowest BCUT2D eigenvalue weighted by atomic mass is 9.96. The van der Waals surface area contributed by atoms with Gasteiger partial charge in [0.2, 0.25) is 5.91 Å². The average Bonchev–Trinajstić information content (AvgIpc) is 2.39. The van der Waals surface area contributed by atoms with Crippen LogP contribution in [0.1, 0.15) is 19.4 Å². The first kappa shape index (κ1) is 16.5. The summed E-state index contributed by atoms with van der Waals surface area (Å²) in [5, 5.41) is 11.7. The number of benzene rings is 1. The first-order valence-electron chi connectivity index (χ1n) is 6.49. The molecule has 4 nitrogen and oxygen atoms in total. The fourth-order valence-electron chi connectivity index (χ4n) is 1.82. The van der Waals surface area contributed by atoms with Crippen molar-refractivity contribution in [3.05, 3.63) is 28.2 Å².